The Kier molecular flexibility index (Phi) is 3.56. The van der Waals surface area contributed by atoms with Crippen LogP contribution in [-0.4, -0.2) is 22.1 Å². The van der Waals surface area contributed by atoms with Crippen LogP contribution in [0.3, 0.4) is 0 Å². The van der Waals surface area contributed by atoms with Crippen molar-refractivity contribution in [3.63, 3.8) is 0 Å². The number of oxime groups is 1. The first kappa shape index (κ1) is 12.9. The molecule has 6 heteroatoms. The Morgan fingerprint density at radius 3 is 2.85 bits per heavy atom. The van der Waals surface area contributed by atoms with E-state index >= 15 is 0 Å². The van der Waals surface area contributed by atoms with Gasteiger partial charge in [-0.25, -0.2) is 4.98 Å². The number of pyridine rings is 1. The van der Waals surface area contributed by atoms with Crippen LogP contribution in [-0.2, 0) is 6.54 Å². The largest absolute Gasteiger partial charge is 0.409 e. The lowest BCUT2D eigenvalue weighted by atomic mass is 10.2. The molecule has 1 aliphatic carbocycles. The minimum Gasteiger partial charge on any atom is -0.409 e. The highest BCUT2D eigenvalue weighted by atomic mass is 32.1. The quantitative estimate of drug-likeness (QED) is 0.383. The molecular formula is C14H16N4OS. The standard InChI is InChI=1S/C14H16N4OS/c15-14(17-19)10-3-6-13(16-8-10)18(11-4-5-11)9-12-2-1-7-20-12/h1-3,6-8,11,19H,4-5,9H2,(H2,15,17). The topological polar surface area (TPSA) is 74.7 Å². The highest BCUT2D eigenvalue weighted by Gasteiger charge is 2.30. The molecule has 0 unspecified atom stereocenters. The molecule has 2 aromatic heterocycles. The number of nitrogens with zero attached hydrogens (tertiary/aromatic N) is 3. The molecule has 0 atom stereocenters. The van der Waals surface area contributed by atoms with Gasteiger partial charge >= 0.3 is 0 Å². The van der Waals surface area contributed by atoms with Crippen molar-refractivity contribution in [3.05, 3.63) is 46.3 Å². The predicted octanol–water partition coefficient (Wildman–Crippen LogP) is 2.41. The monoisotopic (exact) mass is 288 g/mol. The Bertz CT molecular complexity index is 590. The van der Waals surface area contributed by atoms with Crippen LogP contribution in [0.2, 0.25) is 0 Å². The molecule has 104 valence electrons. The van der Waals surface area contributed by atoms with Gasteiger partial charge in [0, 0.05) is 22.7 Å². The lowest BCUT2D eigenvalue weighted by Crippen LogP contribution is -2.25. The predicted molar refractivity (Wildman–Crippen MR) is 80.3 cm³/mol. The number of anilines is 1. The van der Waals surface area contributed by atoms with E-state index in [1.165, 1.54) is 17.7 Å². The molecule has 0 bridgehead atoms. The van der Waals surface area contributed by atoms with Crippen molar-refractivity contribution in [3.8, 4) is 0 Å². The van der Waals surface area contributed by atoms with Gasteiger partial charge in [0.15, 0.2) is 5.84 Å². The molecule has 0 saturated heterocycles. The van der Waals surface area contributed by atoms with Crippen LogP contribution in [0.5, 0.6) is 0 Å². The first-order valence-corrected chi connectivity index (χ1v) is 7.39. The van der Waals surface area contributed by atoms with Crippen molar-refractivity contribution in [2.24, 2.45) is 10.9 Å². The van der Waals surface area contributed by atoms with Gasteiger partial charge in [-0.15, -0.1) is 11.3 Å². The van der Waals surface area contributed by atoms with E-state index < -0.39 is 0 Å². The van der Waals surface area contributed by atoms with Gasteiger partial charge in [-0.1, -0.05) is 11.2 Å². The highest BCUT2D eigenvalue weighted by molar-refractivity contribution is 7.09. The van der Waals surface area contributed by atoms with Gasteiger partial charge in [0.2, 0.25) is 0 Å². The molecule has 0 aliphatic heterocycles. The molecule has 1 saturated carbocycles. The number of hydrogen-bond acceptors (Lipinski definition) is 5. The second-order valence-electron chi connectivity index (χ2n) is 4.83. The molecule has 3 N–H and O–H groups in total. The maximum absolute atomic E-state index is 8.66. The summed E-state index contributed by atoms with van der Waals surface area (Å²) >= 11 is 1.76. The molecule has 0 radical (unpaired) electrons. The second kappa shape index (κ2) is 5.50. The van der Waals surface area contributed by atoms with Crippen LogP contribution in [0.15, 0.2) is 41.0 Å². The summed E-state index contributed by atoms with van der Waals surface area (Å²) in [5.74, 6) is 1.02. The Hall–Kier alpha value is -2.08. The molecule has 3 rings (SSSR count). The van der Waals surface area contributed by atoms with E-state index in [9.17, 15) is 0 Å². The third kappa shape index (κ3) is 2.75. The first-order chi connectivity index (χ1) is 9.78. The molecule has 5 nitrogen and oxygen atoms in total. The minimum atomic E-state index is 0.0836. The fraction of sp³-hybridized carbons (Fsp3) is 0.286. The molecule has 1 fully saturated rings. The van der Waals surface area contributed by atoms with Crippen LogP contribution in [0.4, 0.5) is 5.82 Å². The minimum absolute atomic E-state index is 0.0836. The molecule has 0 spiro atoms. The van der Waals surface area contributed by atoms with Crippen molar-refractivity contribution in [1.82, 2.24) is 4.98 Å². The molecule has 20 heavy (non-hydrogen) atoms. The average molecular weight is 288 g/mol. The number of hydrogen-bond donors (Lipinski definition) is 2. The Morgan fingerprint density at radius 2 is 2.30 bits per heavy atom. The fourth-order valence-corrected chi connectivity index (χ4v) is 2.82. The summed E-state index contributed by atoms with van der Waals surface area (Å²) in [5.41, 5.74) is 6.18. The average Bonchev–Trinajstić information content (AvgIpc) is 3.21. The van der Waals surface area contributed by atoms with Crippen molar-refractivity contribution in [2.45, 2.75) is 25.4 Å². The van der Waals surface area contributed by atoms with Crippen molar-refractivity contribution >= 4 is 23.0 Å². The van der Waals surface area contributed by atoms with E-state index in [0.717, 1.165) is 12.4 Å². The van der Waals surface area contributed by atoms with Crippen LogP contribution in [0.25, 0.3) is 0 Å². The number of nitrogens with two attached hydrogens (primary N) is 1. The van der Waals surface area contributed by atoms with E-state index in [0.29, 0.717) is 11.6 Å². The number of thiophene rings is 1. The molecule has 0 aromatic carbocycles. The van der Waals surface area contributed by atoms with Gasteiger partial charge in [0.1, 0.15) is 5.82 Å². The zero-order chi connectivity index (χ0) is 13.9. The van der Waals surface area contributed by atoms with E-state index in [-0.39, 0.29) is 5.84 Å². The number of amidine groups is 1. The van der Waals surface area contributed by atoms with Crippen LogP contribution in [0.1, 0.15) is 23.3 Å². The number of aromatic nitrogens is 1. The third-order valence-electron chi connectivity index (χ3n) is 3.34. The van der Waals surface area contributed by atoms with E-state index in [2.05, 4.69) is 32.6 Å². The summed E-state index contributed by atoms with van der Waals surface area (Å²) in [7, 11) is 0. The van der Waals surface area contributed by atoms with Gasteiger partial charge in [-0.05, 0) is 36.4 Å². The van der Waals surface area contributed by atoms with Crippen molar-refractivity contribution in [1.29, 1.82) is 0 Å². The van der Waals surface area contributed by atoms with Gasteiger partial charge < -0.3 is 15.8 Å². The summed E-state index contributed by atoms with van der Waals surface area (Å²) in [6.45, 7) is 0.887. The second-order valence-corrected chi connectivity index (χ2v) is 5.86. The Morgan fingerprint density at radius 1 is 1.45 bits per heavy atom. The third-order valence-corrected chi connectivity index (χ3v) is 4.20. The van der Waals surface area contributed by atoms with Gasteiger partial charge in [0.25, 0.3) is 0 Å². The first-order valence-electron chi connectivity index (χ1n) is 6.51. The van der Waals surface area contributed by atoms with Crippen molar-refractivity contribution in [2.75, 3.05) is 4.90 Å². The van der Waals surface area contributed by atoms with Gasteiger partial charge in [-0.2, -0.15) is 0 Å². The summed E-state index contributed by atoms with van der Waals surface area (Å²) in [5, 5.41) is 13.7. The maximum atomic E-state index is 8.66. The summed E-state index contributed by atoms with van der Waals surface area (Å²) in [6, 6.07) is 8.56. The smallest absolute Gasteiger partial charge is 0.171 e. The molecule has 2 heterocycles. The molecule has 1 aliphatic rings. The number of rotatable bonds is 5. The zero-order valence-electron chi connectivity index (χ0n) is 10.9. The highest BCUT2D eigenvalue weighted by Crippen LogP contribution is 2.32. The van der Waals surface area contributed by atoms with E-state index in [1.54, 1.807) is 17.5 Å². The van der Waals surface area contributed by atoms with Crippen LogP contribution >= 0.6 is 11.3 Å². The molecule has 2 aromatic rings. The van der Waals surface area contributed by atoms with Crippen LogP contribution < -0.4 is 10.6 Å². The van der Waals surface area contributed by atoms with Gasteiger partial charge in [-0.3, -0.25) is 0 Å². The van der Waals surface area contributed by atoms with E-state index in [1.807, 2.05) is 12.1 Å². The molecular weight excluding hydrogens is 272 g/mol. The Balaban J connectivity index is 1.81. The summed E-state index contributed by atoms with van der Waals surface area (Å²) < 4.78 is 0. The SMILES string of the molecule is NC(=NO)c1ccc(N(Cc2cccs2)C2CC2)nc1. The van der Waals surface area contributed by atoms with Gasteiger partial charge in [0.05, 0.1) is 6.54 Å². The van der Waals surface area contributed by atoms with E-state index in [4.69, 9.17) is 10.9 Å². The van der Waals surface area contributed by atoms with Crippen LogP contribution in [0, 0.1) is 0 Å². The fourth-order valence-electron chi connectivity index (χ4n) is 2.12. The van der Waals surface area contributed by atoms with Crippen molar-refractivity contribution < 1.29 is 5.21 Å². The lowest BCUT2D eigenvalue weighted by molar-refractivity contribution is 0.318. The summed E-state index contributed by atoms with van der Waals surface area (Å²) in [6.07, 6.45) is 4.08. The lowest BCUT2D eigenvalue weighted by Gasteiger charge is -2.23. The maximum Gasteiger partial charge on any atom is 0.171 e. The zero-order valence-corrected chi connectivity index (χ0v) is 11.8. The molecule has 0 amide bonds. The normalized spacial score (nSPS) is 15.3. The Labute approximate surface area is 121 Å². The summed E-state index contributed by atoms with van der Waals surface area (Å²) in [4.78, 5) is 8.10.